The molecule has 1 fully saturated rings. The Morgan fingerprint density at radius 1 is 1.33 bits per heavy atom. The van der Waals surface area contributed by atoms with Gasteiger partial charge in [0.2, 0.25) is 0 Å². The minimum absolute atomic E-state index is 0.00847. The molecule has 2 rings (SSSR count). The number of hydrogen-bond acceptors (Lipinski definition) is 4. The summed E-state index contributed by atoms with van der Waals surface area (Å²) in [6.45, 7) is 5.74. The Kier molecular flexibility index (Phi) is 4.45. The quantitative estimate of drug-likeness (QED) is 0.777. The summed E-state index contributed by atoms with van der Waals surface area (Å²) >= 11 is 6.06. The first-order chi connectivity index (χ1) is 8.59. The molecule has 0 spiro atoms. The molecule has 1 aliphatic rings. The Bertz CT molecular complexity index is 408. The number of phenolic OH excluding ortho intramolecular Hbond substituents is 1. The molecule has 0 saturated carbocycles. The third-order valence-electron chi connectivity index (χ3n) is 3.49. The van der Waals surface area contributed by atoms with Crippen LogP contribution >= 0.6 is 11.6 Å². The van der Waals surface area contributed by atoms with Crippen molar-refractivity contribution in [1.82, 2.24) is 10.2 Å². The van der Waals surface area contributed by atoms with E-state index in [1.54, 1.807) is 12.1 Å². The molecule has 4 nitrogen and oxygen atoms in total. The van der Waals surface area contributed by atoms with E-state index in [1.165, 1.54) is 6.07 Å². The minimum atomic E-state index is -0.642. The summed E-state index contributed by atoms with van der Waals surface area (Å²) in [6, 6.07) is 4.70. The molecule has 0 radical (unpaired) electrons. The molecule has 100 valence electrons. The number of rotatable bonds is 3. The van der Waals surface area contributed by atoms with Crippen LogP contribution in [0, 0.1) is 0 Å². The SMILES string of the molecule is CC(C(O)c1ccc(O)cc1Cl)N1CCNCC1. The number of hydrogen-bond donors (Lipinski definition) is 3. The van der Waals surface area contributed by atoms with Gasteiger partial charge < -0.3 is 15.5 Å². The summed E-state index contributed by atoms with van der Waals surface area (Å²) in [4.78, 5) is 2.24. The number of halogens is 1. The fraction of sp³-hybridized carbons (Fsp3) is 0.538. The van der Waals surface area contributed by atoms with Gasteiger partial charge in [0.1, 0.15) is 5.75 Å². The molecule has 1 aromatic rings. The van der Waals surface area contributed by atoms with E-state index >= 15 is 0 Å². The highest BCUT2D eigenvalue weighted by Crippen LogP contribution is 2.30. The van der Waals surface area contributed by atoms with E-state index in [1.807, 2.05) is 6.92 Å². The summed E-state index contributed by atoms with van der Waals surface area (Å²) in [5, 5.41) is 23.4. The molecule has 3 N–H and O–H groups in total. The number of nitrogens with one attached hydrogen (secondary N) is 1. The van der Waals surface area contributed by atoms with Gasteiger partial charge in [0.15, 0.2) is 0 Å². The van der Waals surface area contributed by atoms with Crippen molar-refractivity contribution in [2.75, 3.05) is 26.2 Å². The summed E-state index contributed by atoms with van der Waals surface area (Å²) < 4.78 is 0. The molecular formula is C13H19ClN2O2. The van der Waals surface area contributed by atoms with Crippen molar-refractivity contribution in [2.45, 2.75) is 19.1 Å². The second-order valence-corrected chi connectivity index (χ2v) is 5.08. The molecule has 0 aliphatic carbocycles. The zero-order chi connectivity index (χ0) is 13.1. The van der Waals surface area contributed by atoms with E-state index < -0.39 is 6.10 Å². The van der Waals surface area contributed by atoms with Crippen LogP contribution in [0.5, 0.6) is 5.75 Å². The van der Waals surface area contributed by atoms with Crippen molar-refractivity contribution < 1.29 is 10.2 Å². The number of benzene rings is 1. The molecule has 1 aromatic carbocycles. The first-order valence-corrected chi connectivity index (χ1v) is 6.58. The van der Waals surface area contributed by atoms with Gasteiger partial charge in [0.05, 0.1) is 11.1 Å². The predicted molar refractivity (Wildman–Crippen MR) is 72.0 cm³/mol. The topological polar surface area (TPSA) is 55.7 Å². The van der Waals surface area contributed by atoms with Gasteiger partial charge in [-0.15, -0.1) is 0 Å². The first kappa shape index (κ1) is 13.6. The number of aromatic hydroxyl groups is 1. The molecular weight excluding hydrogens is 252 g/mol. The van der Waals surface area contributed by atoms with Crippen molar-refractivity contribution >= 4 is 11.6 Å². The maximum absolute atomic E-state index is 10.4. The van der Waals surface area contributed by atoms with Gasteiger partial charge in [-0.25, -0.2) is 0 Å². The van der Waals surface area contributed by atoms with Gasteiger partial charge in [-0.2, -0.15) is 0 Å². The van der Waals surface area contributed by atoms with E-state index in [0.29, 0.717) is 10.6 Å². The number of piperazine rings is 1. The third kappa shape index (κ3) is 2.95. The van der Waals surface area contributed by atoms with Crippen LogP contribution in [0.15, 0.2) is 18.2 Å². The lowest BCUT2D eigenvalue weighted by molar-refractivity contribution is 0.0510. The highest BCUT2D eigenvalue weighted by Gasteiger charge is 2.25. The normalized spacial score (nSPS) is 20.6. The highest BCUT2D eigenvalue weighted by atomic mass is 35.5. The molecule has 18 heavy (non-hydrogen) atoms. The molecule has 0 aromatic heterocycles. The van der Waals surface area contributed by atoms with Gasteiger partial charge in [-0.3, -0.25) is 4.90 Å². The molecule has 1 heterocycles. The van der Waals surface area contributed by atoms with E-state index in [9.17, 15) is 10.2 Å². The smallest absolute Gasteiger partial charge is 0.117 e. The summed E-state index contributed by atoms with van der Waals surface area (Å²) in [5.74, 6) is 0.116. The van der Waals surface area contributed by atoms with Gasteiger partial charge in [-0.05, 0) is 19.1 Å². The number of phenols is 1. The van der Waals surface area contributed by atoms with E-state index in [-0.39, 0.29) is 11.8 Å². The Balaban J connectivity index is 2.11. The van der Waals surface area contributed by atoms with Crippen LogP contribution in [0.1, 0.15) is 18.6 Å². The lowest BCUT2D eigenvalue weighted by atomic mass is 10.0. The van der Waals surface area contributed by atoms with Crippen molar-refractivity contribution in [3.63, 3.8) is 0 Å². The standard InChI is InChI=1S/C13H19ClN2O2/c1-9(16-6-4-15-5-7-16)13(18)11-3-2-10(17)8-12(11)14/h2-3,8-9,13,15,17-18H,4-7H2,1H3. The zero-order valence-electron chi connectivity index (χ0n) is 10.4. The summed E-state index contributed by atoms with van der Waals surface area (Å²) in [7, 11) is 0. The van der Waals surface area contributed by atoms with Gasteiger partial charge in [-0.1, -0.05) is 17.7 Å². The predicted octanol–water partition coefficient (Wildman–Crippen LogP) is 1.37. The van der Waals surface area contributed by atoms with E-state index in [4.69, 9.17) is 11.6 Å². The van der Waals surface area contributed by atoms with Crippen molar-refractivity contribution in [3.05, 3.63) is 28.8 Å². The fourth-order valence-corrected chi connectivity index (χ4v) is 2.59. The number of aliphatic hydroxyl groups is 1. The minimum Gasteiger partial charge on any atom is -0.508 e. The Hall–Kier alpha value is -0.810. The van der Waals surface area contributed by atoms with E-state index in [0.717, 1.165) is 26.2 Å². The maximum Gasteiger partial charge on any atom is 0.117 e. The van der Waals surface area contributed by atoms with Crippen molar-refractivity contribution in [3.8, 4) is 5.75 Å². The maximum atomic E-state index is 10.4. The number of aliphatic hydroxyl groups excluding tert-OH is 1. The Labute approximate surface area is 112 Å². The molecule has 2 unspecified atom stereocenters. The van der Waals surface area contributed by atoms with Gasteiger partial charge >= 0.3 is 0 Å². The first-order valence-electron chi connectivity index (χ1n) is 6.21. The second kappa shape index (κ2) is 5.89. The van der Waals surface area contributed by atoms with Crippen LogP contribution in [-0.4, -0.2) is 47.3 Å². The van der Waals surface area contributed by atoms with Crippen LogP contribution in [0.25, 0.3) is 0 Å². The summed E-state index contributed by atoms with van der Waals surface area (Å²) in [5.41, 5.74) is 0.667. The van der Waals surface area contributed by atoms with Gasteiger partial charge in [0.25, 0.3) is 0 Å². The van der Waals surface area contributed by atoms with E-state index in [2.05, 4.69) is 10.2 Å². The lowest BCUT2D eigenvalue weighted by Crippen LogP contribution is -2.49. The molecule has 0 amide bonds. The van der Waals surface area contributed by atoms with Crippen LogP contribution < -0.4 is 5.32 Å². The average Bonchev–Trinajstić information content (AvgIpc) is 2.38. The van der Waals surface area contributed by atoms with Crippen LogP contribution in [0.3, 0.4) is 0 Å². The van der Waals surface area contributed by atoms with Gasteiger partial charge in [0, 0.05) is 37.8 Å². The molecule has 1 aliphatic heterocycles. The monoisotopic (exact) mass is 270 g/mol. The summed E-state index contributed by atoms with van der Waals surface area (Å²) in [6.07, 6.45) is -0.642. The molecule has 2 atom stereocenters. The average molecular weight is 271 g/mol. The zero-order valence-corrected chi connectivity index (χ0v) is 11.2. The van der Waals surface area contributed by atoms with Crippen molar-refractivity contribution in [2.24, 2.45) is 0 Å². The highest BCUT2D eigenvalue weighted by molar-refractivity contribution is 6.31. The lowest BCUT2D eigenvalue weighted by Gasteiger charge is -2.35. The van der Waals surface area contributed by atoms with Crippen LogP contribution in [-0.2, 0) is 0 Å². The molecule has 5 heteroatoms. The van der Waals surface area contributed by atoms with Crippen LogP contribution in [0.2, 0.25) is 5.02 Å². The fourth-order valence-electron chi connectivity index (χ4n) is 2.30. The van der Waals surface area contributed by atoms with Crippen molar-refractivity contribution in [1.29, 1.82) is 0 Å². The second-order valence-electron chi connectivity index (χ2n) is 4.68. The Morgan fingerprint density at radius 3 is 2.61 bits per heavy atom. The van der Waals surface area contributed by atoms with Crippen LogP contribution in [0.4, 0.5) is 0 Å². The Morgan fingerprint density at radius 2 is 2.00 bits per heavy atom. The number of nitrogens with zero attached hydrogens (tertiary/aromatic N) is 1. The molecule has 1 saturated heterocycles. The molecule has 0 bridgehead atoms. The third-order valence-corrected chi connectivity index (χ3v) is 3.81. The largest absolute Gasteiger partial charge is 0.508 e.